The zero-order valence-corrected chi connectivity index (χ0v) is 16.1. The van der Waals surface area contributed by atoms with E-state index in [-0.39, 0.29) is 0 Å². The second-order valence-corrected chi connectivity index (χ2v) is 7.02. The zero-order chi connectivity index (χ0) is 17.4. The lowest BCUT2D eigenvalue weighted by molar-refractivity contribution is 0.0263. The summed E-state index contributed by atoms with van der Waals surface area (Å²) >= 11 is 0. The molecule has 0 saturated carbocycles. The lowest BCUT2D eigenvalue weighted by Crippen LogP contribution is -2.50. The van der Waals surface area contributed by atoms with Crippen LogP contribution in [0.1, 0.15) is 33.6 Å². The molecule has 0 radical (unpaired) electrons. The van der Waals surface area contributed by atoms with Crippen LogP contribution in [0.3, 0.4) is 0 Å². The Morgan fingerprint density at radius 2 is 1.79 bits per heavy atom. The molecule has 0 spiro atoms. The Morgan fingerprint density at radius 3 is 2.38 bits per heavy atom. The van der Waals surface area contributed by atoms with E-state index in [2.05, 4.69) is 47.8 Å². The third kappa shape index (κ3) is 5.90. The van der Waals surface area contributed by atoms with Gasteiger partial charge in [-0.2, -0.15) is 0 Å². The molecule has 2 heterocycles. The molecule has 2 saturated heterocycles. The SMILES string of the molecule is CCNC(=NCC(C)N1CCN(C)CC1)N1CCC(OCC)CC1. The van der Waals surface area contributed by atoms with Crippen molar-refractivity contribution in [2.45, 2.75) is 45.8 Å². The molecule has 2 fully saturated rings. The number of ether oxygens (including phenoxy) is 1. The predicted octanol–water partition coefficient (Wildman–Crippen LogP) is 1.09. The molecule has 1 unspecified atom stereocenters. The van der Waals surface area contributed by atoms with Crippen LogP contribution in [0, 0.1) is 0 Å². The highest BCUT2D eigenvalue weighted by atomic mass is 16.5. The molecule has 140 valence electrons. The highest BCUT2D eigenvalue weighted by Gasteiger charge is 2.23. The largest absolute Gasteiger partial charge is 0.378 e. The first-order valence-corrected chi connectivity index (χ1v) is 9.71. The fraction of sp³-hybridized carbons (Fsp3) is 0.944. The second-order valence-electron chi connectivity index (χ2n) is 7.02. The third-order valence-electron chi connectivity index (χ3n) is 5.15. The minimum Gasteiger partial charge on any atom is -0.378 e. The predicted molar refractivity (Wildman–Crippen MR) is 101 cm³/mol. The van der Waals surface area contributed by atoms with Gasteiger partial charge in [-0.15, -0.1) is 0 Å². The smallest absolute Gasteiger partial charge is 0.193 e. The van der Waals surface area contributed by atoms with Crippen LogP contribution in [0.2, 0.25) is 0 Å². The molecule has 0 amide bonds. The van der Waals surface area contributed by atoms with E-state index in [0.717, 1.165) is 64.7 Å². The van der Waals surface area contributed by atoms with Crippen molar-refractivity contribution in [1.82, 2.24) is 20.0 Å². The number of likely N-dealkylation sites (N-methyl/N-ethyl adjacent to an activating group) is 1. The Morgan fingerprint density at radius 1 is 1.12 bits per heavy atom. The quantitative estimate of drug-likeness (QED) is 0.580. The zero-order valence-electron chi connectivity index (χ0n) is 16.1. The van der Waals surface area contributed by atoms with Crippen molar-refractivity contribution in [1.29, 1.82) is 0 Å². The van der Waals surface area contributed by atoms with Crippen LogP contribution in [-0.2, 0) is 4.74 Å². The van der Waals surface area contributed by atoms with E-state index in [4.69, 9.17) is 9.73 Å². The molecule has 2 rings (SSSR count). The molecule has 0 aromatic carbocycles. The molecule has 6 heteroatoms. The Bertz CT molecular complexity index is 374. The van der Waals surface area contributed by atoms with Crippen LogP contribution in [0.4, 0.5) is 0 Å². The van der Waals surface area contributed by atoms with Gasteiger partial charge in [0.2, 0.25) is 0 Å². The number of guanidine groups is 1. The number of likely N-dealkylation sites (tertiary alicyclic amines) is 1. The van der Waals surface area contributed by atoms with Crippen LogP contribution in [-0.4, -0.2) is 98.8 Å². The highest BCUT2D eigenvalue weighted by Crippen LogP contribution is 2.14. The number of hydrogen-bond acceptors (Lipinski definition) is 4. The molecular weight excluding hydrogens is 302 g/mol. The number of hydrogen-bond donors (Lipinski definition) is 1. The Hall–Kier alpha value is -0.850. The maximum atomic E-state index is 5.76. The molecule has 0 aromatic rings. The van der Waals surface area contributed by atoms with Gasteiger partial charge in [0.05, 0.1) is 12.6 Å². The van der Waals surface area contributed by atoms with Crippen molar-refractivity contribution in [3.63, 3.8) is 0 Å². The van der Waals surface area contributed by atoms with E-state index in [0.29, 0.717) is 12.1 Å². The lowest BCUT2D eigenvalue weighted by Gasteiger charge is -2.37. The van der Waals surface area contributed by atoms with Gasteiger partial charge >= 0.3 is 0 Å². The average molecular weight is 340 g/mol. The maximum Gasteiger partial charge on any atom is 0.193 e. The summed E-state index contributed by atoms with van der Waals surface area (Å²) < 4.78 is 5.76. The van der Waals surface area contributed by atoms with E-state index in [1.54, 1.807) is 0 Å². The minimum atomic E-state index is 0.429. The van der Waals surface area contributed by atoms with E-state index >= 15 is 0 Å². The first kappa shape index (κ1) is 19.5. The number of rotatable bonds is 6. The van der Waals surface area contributed by atoms with Gasteiger partial charge < -0.3 is 19.9 Å². The van der Waals surface area contributed by atoms with E-state index in [1.165, 1.54) is 13.1 Å². The van der Waals surface area contributed by atoms with Gasteiger partial charge in [-0.1, -0.05) is 0 Å². The fourth-order valence-corrected chi connectivity index (χ4v) is 3.49. The monoisotopic (exact) mass is 339 g/mol. The summed E-state index contributed by atoms with van der Waals surface area (Å²) in [5.41, 5.74) is 0. The summed E-state index contributed by atoms with van der Waals surface area (Å²) in [4.78, 5) is 12.3. The van der Waals surface area contributed by atoms with Crippen LogP contribution in [0.25, 0.3) is 0 Å². The van der Waals surface area contributed by atoms with Crippen molar-refractivity contribution in [2.24, 2.45) is 4.99 Å². The van der Waals surface area contributed by atoms with Gasteiger partial charge in [0, 0.05) is 58.5 Å². The number of nitrogens with zero attached hydrogens (tertiary/aromatic N) is 4. The maximum absolute atomic E-state index is 5.76. The van der Waals surface area contributed by atoms with E-state index in [9.17, 15) is 0 Å². The van der Waals surface area contributed by atoms with Crippen molar-refractivity contribution >= 4 is 5.96 Å². The minimum absolute atomic E-state index is 0.429. The molecular formula is C18H37N5O. The Balaban J connectivity index is 1.84. The number of nitrogens with one attached hydrogen (secondary N) is 1. The molecule has 0 aliphatic carbocycles. The fourth-order valence-electron chi connectivity index (χ4n) is 3.49. The standard InChI is InChI=1S/C18H37N5O/c1-5-19-18(23-9-7-17(8-10-23)24-6-2)20-15-16(3)22-13-11-21(4)12-14-22/h16-17H,5-15H2,1-4H3,(H,19,20). The topological polar surface area (TPSA) is 43.3 Å². The number of piperazine rings is 1. The Labute approximate surface area is 148 Å². The van der Waals surface area contributed by atoms with Crippen LogP contribution < -0.4 is 5.32 Å². The summed E-state index contributed by atoms with van der Waals surface area (Å²) in [6, 6.07) is 0.508. The van der Waals surface area contributed by atoms with E-state index in [1.807, 2.05) is 0 Å². The average Bonchev–Trinajstić information content (AvgIpc) is 2.60. The van der Waals surface area contributed by atoms with Crippen molar-refractivity contribution in [2.75, 3.05) is 66.0 Å². The van der Waals surface area contributed by atoms with Crippen LogP contribution in [0.5, 0.6) is 0 Å². The summed E-state index contributed by atoms with van der Waals surface area (Å²) in [5, 5.41) is 3.47. The first-order valence-electron chi connectivity index (χ1n) is 9.71. The molecule has 0 aromatic heterocycles. The van der Waals surface area contributed by atoms with Crippen molar-refractivity contribution in [3.05, 3.63) is 0 Å². The van der Waals surface area contributed by atoms with Gasteiger partial charge in [-0.3, -0.25) is 9.89 Å². The molecule has 1 N–H and O–H groups in total. The van der Waals surface area contributed by atoms with Crippen molar-refractivity contribution in [3.8, 4) is 0 Å². The number of piperidine rings is 1. The van der Waals surface area contributed by atoms with Gasteiger partial charge in [-0.05, 0) is 40.7 Å². The van der Waals surface area contributed by atoms with Gasteiger partial charge in [0.1, 0.15) is 0 Å². The van der Waals surface area contributed by atoms with E-state index < -0.39 is 0 Å². The second kappa shape index (κ2) is 10.2. The lowest BCUT2D eigenvalue weighted by atomic mass is 10.1. The summed E-state index contributed by atoms with van der Waals surface area (Å²) in [6.07, 6.45) is 2.64. The van der Waals surface area contributed by atoms with Gasteiger partial charge in [0.25, 0.3) is 0 Å². The summed E-state index contributed by atoms with van der Waals surface area (Å²) in [7, 11) is 2.20. The van der Waals surface area contributed by atoms with Gasteiger partial charge in [-0.25, -0.2) is 0 Å². The molecule has 2 aliphatic rings. The van der Waals surface area contributed by atoms with Gasteiger partial charge in [0.15, 0.2) is 5.96 Å². The molecule has 24 heavy (non-hydrogen) atoms. The highest BCUT2D eigenvalue weighted by molar-refractivity contribution is 5.80. The van der Waals surface area contributed by atoms with Crippen LogP contribution >= 0.6 is 0 Å². The van der Waals surface area contributed by atoms with Crippen molar-refractivity contribution < 1.29 is 4.74 Å². The molecule has 2 aliphatic heterocycles. The molecule has 6 nitrogen and oxygen atoms in total. The normalized spacial score (nSPS) is 23.5. The third-order valence-corrected chi connectivity index (χ3v) is 5.15. The summed E-state index contributed by atoms with van der Waals surface area (Å²) in [5.74, 6) is 1.08. The molecule has 1 atom stereocenters. The Kier molecular flexibility index (Phi) is 8.29. The van der Waals surface area contributed by atoms with Crippen LogP contribution in [0.15, 0.2) is 4.99 Å². The summed E-state index contributed by atoms with van der Waals surface area (Å²) in [6.45, 7) is 15.9. The first-order chi connectivity index (χ1) is 11.6. The number of aliphatic imine (C=N–C) groups is 1. The molecule has 0 bridgehead atoms.